The van der Waals surface area contributed by atoms with Gasteiger partial charge in [-0.05, 0) is 33.1 Å². The third-order valence-electron chi connectivity index (χ3n) is 5.62. The zero-order valence-corrected chi connectivity index (χ0v) is 15.1. The van der Waals surface area contributed by atoms with Gasteiger partial charge in [0.05, 0.1) is 25.7 Å². The molecule has 0 radical (unpaired) electrons. The lowest BCUT2D eigenvalue weighted by Crippen LogP contribution is -2.68. The van der Waals surface area contributed by atoms with Crippen LogP contribution in [0.25, 0.3) is 0 Å². The van der Waals surface area contributed by atoms with Gasteiger partial charge in [0.1, 0.15) is 0 Å². The van der Waals surface area contributed by atoms with Gasteiger partial charge in [-0.25, -0.2) is 4.79 Å². The van der Waals surface area contributed by atoms with Crippen molar-refractivity contribution in [3.8, 4) is 0 Å². The second kappa shape index (κ2) is 7.59. The average molecular weight is 351 g/mol. The molecular weight excluding hydrogens is 322 g/mol. The second-order valence-electron chi connectivity index (χ2n) is 6.93. The van der Waals surface area contributed by atoms with Gasteiger partial charge in [0.15, 0.2) is 5.96 Å². The molecule has 1 saturated heterocycles. The summed E-state index contributed by atoms with van der Waals surface area (Å²) in [6, 6.07) is 0.0532. The first-order valence-corrected chi connectivity index (χ1v) is 9.35. The van der Waals surface area contributed by atoms with Crippen LogP contribution in [-0.4, -0.2) is 67.7 Å². The Kier molecular flexibility index (Phi) is 5.46. The fraction of sp³-hybridized carbons (Fsp3) is 0.824. The molecule has 2 atom stereocenters. The van der Waals surface area contributed by atoms with Crippen molar-refractivity contribution in [2.24, 2.45) is 10.4 Å². The number of carbonyl (C=O) groups is 2. The normalized spacial score (nSPS) is 27.8. The van der Waals surface area contributed by atoms with Crippen molar-refractivity contribution in [1.29, 1.82) is 0 Å². The Labute approximate surface area is 148 Å². The van der Waals surface area contributed by atoms with E-state index in [1.807, 2.05) is 6.92 Å². The summed E-state index contributed by atoms with van der Waals surface area (Å²) in [6.07, 6.45) is 5.04. The van der Waals surface area contributed by atoms with E-state index in [1.54, 1.807) is 0 Å². The number of rotatable bonds is 7. The third-order valence-corrected chi connectivity index (χ3v) is 5.62. The molecule has 1 aliphatic heterocycles. The van der Waals surface area contributed by atoms with E-state index in [0.29, 0.717) is 25.2 Å². The molecule has 3 aliphatic rings. The zero-order valence-electron chi connectivity index (χ0n) is 15.1. The first kappa shape index (κ1) is 18.0. The molecule has 1 spiro atoms. The van der Waals surface area contributed by atoms with Gasteiger partial charge >= 0.3 is 6.03 Å². The van der Waals surface area contributed by atoms with Crippen molar-refractivity contribution >= 4 is 17.9 Å². The van der Waals surface area contributed by atoms with E-state index in [-0.39, 0.29) is 23.9 Å². The van der Waals surface area contributed by atoms with E-state index in [4.69, 9.17) is 4.74 Å². The number of hydrogen-bond donors (Lipinski definition) is 3. The molecule has 140 valence electrons. The molecule has 0 bridgehead atoms. The first-order chi connectivity index (χ1) is 12.1. The number of hydrogen-bond acceptors (Lipinski definition) is 4. The molecule has 0 aromatic carbocycles. The van der Waals surface area contributed by atoms with Crippen LogP contribution < -0.4 is 16.0 Å². The van der Waals surface area contributed by atoms with Crippen molar-refractivity contribution < 1.29 is 14.3 Å². The van der Waals surface area contributed by atoms with Gasteiger partial charge in [0.2, 0.25) is 5.91 Å². The first-order valence-electron chi connectivity index (χ1n) is 9.35. The average Bonchev–Trinajstić information content (AvgIpc) is 2.84. The van der Waals surface area contributed by atoms with Crippen LogP contribution in [0.4, 0.5) is 4.79 Å². The number of carbonyl (C=O) groups excluding carboxylic acids is 2. The fourth-order valence-corrected chi connectivity index (χ4v) is 4.07. The monoisotopic (exact) mass is 351 g/mol. The van der Waals surface area contributed by atoms with Crippen LogP contribution in [0.2, 0.25) is 0 Å². The van der Waals surface area contributed by atoms with Crippen LogP contribution in [-0.2, 0) is 9.53 Å². The Hall–Kier alpha value is -1.83. The maximum Gasteiger partial charge on any atom is 0.324 e. The highest BCUT2D eigenvalue weighted by Crippen LogP contribution is 2.57. The van der Waals surface area contributed by atoms with Crippen molar-refractivity contribution in [2.75, 3.05) is 32.8 Å². The van der Waals surface area contributed by atoms with Crippen molar-refractivity contribution in [1.82, 2.24) is 20.9 Å². The van der Waals surface area contributed by atoms with Crippen molar-refractivity contribution in [3.05, 3.63) is 0 Å². The van der Waals surface area contributed by atoms with Gasteiger partial charge in [-0.3, -0.25) is 14.7 Å². The molecule has 2 unspecified atom stereocenters. The van der Waals surface area contributed by atoms with Crippen molar-refractivity contribution in [3.63, 3.8) is 0 Å². The molecule has 2 saturated carbocycles. The quantitative estimate of drug-likeness (QED) is 0.351. The standard InChI is InChI=1S/C17H29N5O3/c1-3-18-15(19-8-9-22-14(23)11-20-16(22)24)21-12-10-13(25-4-2)17(12)6-5-7-17/h12-13H,3-11H2,1-2H3,(H,20,24)(H2,18,19,21). The number of guanidine groups is 1. The molecule has 25 heavy (non-hydrogen) atoms. The van der Waals surface area contributed by atoms with Crippen LogP contribution in [0.3, 0.4) is 0 Å². The Balaban J connectivity index is 1.54. The Bertz CT molecular complexity index is 530. The highest BCUT2D eigenvalue weighted by atomic mass is 16.5. The Morgan fingerprint density at radius 2 is 2.20 bits per heavy atom. The maximum atomic E-state index is 11.6. The van der Waals surface area contributed by atoms with Gasteiger partial charge in [0.25, 0.3) is 0 Å². The topological polar surface area (TPSA) is 95.1 Å². The Morgan fingerprint density at radius 1 is 1.40 bits per heavy atom. The van der Waals surface area contributed by atoms with Crippen molar-refractivity contribution in [2.45, 2.75) is 51.7 Å². The fourth-order valence-electron chi connectivity index (χ4n) is 4.07. The molecule has 3 amide bonds. The zero-order chi connectivity index (χ0) is 17.9. The molecule has 0 aromatic heterocycles. The lowest BCUT2D eigenvalue weighted by atomic mass is 9.51. The van der Waals surface area contributed by atoms with E-state index in [1.165, 1.54) is 24.2 Å². The number of urea groups is 1. The molecule has 1 heterocycles. The van der Waals surface area contributed by atoms with Crippen LogP contribution in [0.5, 0.6) is 0 Å². The van der Waals surface area contributed by atoms with Gasteiger partial charge in [-0.15, -0.1) is 0 Å². The van der Waals surface area contributed by atoms with Crippen LogP contribution in [0, 0.1) is 5.41 Å². The molecule has 3 N–H and O–H groups in total. The summed E-state index contributed by atoms with van der Waals surface area (Å²) in [5.41, 5.74) is 0.261. The summed E-state index contributed by atoms with van der Waals surface area (Å²) in [5.74, 6) is 0.561. The number of imide groups is 1. The number of nitrogens with zero attached hydrogens (tertiary/aromatic N) is 2. The van der Waals surface area contributed by atoms with E-state index < -0.39 is 0 Å². The largest absolute Gasteiger partial charge is 0.378 e. The smallest absolute Gasteiger partial charge is 0.324 e. The predicted molar refractivity (Wildman–Crippen MR) is 94.3 cm³/mol. The van der Waals surface area contributed by atoms with Crippen LogP contribution in [0.1, 0.15) is 39.5 Å². The lowest BCUT2D eigenvalue weighted by Gasteiger charge is -2.61. The summed E-state index contributed by atoms with van der Waals surface area (Å²) in [4.78, 5) is 28.9. The van der Waals surface area contributed by atoms with E-state index in [9.17, 15) is 9.59 Å². The van der Waals surface area contributed by atoms with Gasteiger partial charge in [-0.2, -0.15) is 0 Å². The van der Waals surface area contributed by atoms with Gasteiger partial charge < -0.3 is 20.7 Å². The summed E-state index contributed by atoms with van der Waals surface area (Å²) in [6.45, 7) is 6.39. The maximum absolute atomic E-state index is 11.6. The number of amides is 3. The summed E-state index contributed by atoms with van der Waals surface area (Å²) in [7, 11) is 0. The van der Waals surface area contributed by atoms with E-state index in [2.05, 4.69) is 27.9 Å². The summed E-state index contributed by atoms with van der Waals surface area (Å²) in [5, 5.41) is 9.31. The summed E-state index contributed by atoms with van der Waals surface area (Å²) < 4.78 is 5.89. The molecule has 2 aliphatic carbocycles. The second-order valence-corrected chi connectivity index (χ2v) is 6.93. The van der Waals surface area contributed by atoms with Crippen LogP contribution in [0.15, 0.2) is 4.99 Å². The molecule has 3 fully saturated rings. The predicted octanol–water partition coefficient (Wildman–Crippen LogP) is 0.441. The minimum Gasteiger partial charge on any atom is -0.378 e. The number of aliphatic imine (C=N–C) groups is 1. The molecular formula is C17H29N5O3. The minimum atomic E-state index is -0.329. The molecule has 0 aromatic rings. The lowest BCUT2D eigenvalue weighted by molar-refractivity contribution is -0.168. The van der Waals surface area contributed by atoms with Crippen LogP contribution >= 0.6 is 0 Å². The number of nitrogens with one attached hydrogen (secondary N) is 3. The molecule has 3 rings (SSSR count). The van der Waals surface area contributed by atoms with E-state index in [0.717, 1.165) is 25.5 Å². The summed E-state index contributed by atoms with van der Waals surface area (Å²) >= 11 is 0. The minimum absolute atomic E-state index is 0.0876. The molecule has 8 nitrogen and oxygen atoms in total. The van der Waals surface area contributed by atoms with E-state index >= 15 is 0 Å². The Morgan fingerprint density at radius 3 is 2.76 bits per heavy atom. The van der Waals surface area contributed by atoms with Gasteiger partial charge in [-0.1, -0.05) is 6.42 Å². The van der Waals surface area contributed by atoms with Gasteiger partial charge in [0, 0.05) is 24.6 Å². The molecule has 8 heteroatoms. The SMILES string of the molecule is CCNC(=NCCN1C(=O)CNC1=O)NC1CC(OCC)C12CCC2. The highest BCUT2D eigenvalue weighted by Gasteiger charge is 2.59. The third kappa shape index (κ3) is 3.44. The number of ether oxygens (including phenoxy) is 1. The highest BCUT2D eigenvalue weighted by molar-refractivity contribution is 6.01.